The highest BCUT2D eigenvalue weighted by Crippen LogP contribution is 2.00. The minimum atomic E-state index is 0. The third kappa shape index (κ3) is 2.82. The van der Waals surface area contributed by atoms with Gasteiger partial charge in [0.1, 0.15) is 0 Å². The summed E-state index contributed by atoms with van der Waals surface area (Å²) in [7, 11) is 0. The maximum Gasteiger partial charge on any atom is 0.0308 e. The van der Waals surface area contributed by atoms with Crippen molar-refractivity contribution >= 4 is 28.3 Å². The van der Waals surface area contributed by atoms with Gasteiger partial charge in [0.05, 0.1) is 0 Å². The first kappa shape index (κ1) is 8.92. The maximum absolute atomic E-state index is 3.93. The average Bonchev–Trinajstić information content (AvgIpc) is 1.90. The fraction of sp³-hybridized carbons (Fsp3) is 0.167. The molecular weight excluding hydrogens is 201 g/mol. The van der Waals surface area contributed by atoms with Crippen LogP contribution in [-0.4, -0.2) is 4.98 Å². The molecule has 0 amide bonds. The van der Waals surface area contributed by atoms with Gasteiger partial charge >= 0.3 is 0 Å². The lowest BCUT2D eigenvalue weighted by Crippen LogP contribution is -1.75. The van der Waals surface area contributed by atoms with E-state index in [2.05, 4.69) is 20.9 Å². The Morgan fingerprint density at radius 2 is 2.33 bits per heavy atom. The van der Waals surface area contributed by atoms with Crippen LogP contribution in [0, 0.1) is 0 Å². The maximum atomic E-state index is 3.93. The fourth-order valence-corrected chi connectivity index (χ4v) is 0.809. The van der Waals surface area contributed by atoms with E-state index in [1.165, 1.54) is 5.56 Å². The number of hydrogen-bond donors (Lipinski definition) is 0. The van der Waals surface area contributed by atoms with E-state index in [1.54, 1.807) is 6.20 Å². The number of halogens is 2. The Balaban J connectivity index is 0.000000640. The Bertz CT molecular complexity index is 154. The van der Waals surface area contributed by atoms with Crippen LogP contribution in [0.25, 0.3) is 0 Å². The van der Waals surface area contributed by atoms with Crippen molar-refractivity contribution < 1.29 is 0 Å². The van der Waals surface area contributed by atoms with E-state index in [4.69, 9.17) is 0 Å². The number of aromatic nitrogens is 1. The van der Waals surface area contributed by atoms with Crippen molar-refractivity contribution in [1.29, 1.82) is 0 Å². The molecule has 0 fully saturated rings. The molecule has 1 nitrogen and oxygen atoms in total. The normalized spacial score (nSPS) is 8.11. The summed E-state index contributed by atoms with van der Waals surface area (Å²) >= 11 is 3.32. The van der Waals surface area contributed by atoms with Crippen LogP contribution in [0.1, 0.15) is 5.56 Å². The molecule has 1 aromatic heterocycles. The standard InChI is InChI=1S/C6H6BrN.ClH/c7-4-6-2-1-3-8-5-6;/h1-3,5H,4H2;1H. The van der Waals surface area contributed by atoms with Crippen molar-refractivity contribution in [1.82, 2.24) is 4.98 Å². The Morgan fingerprint density at radius 3 is 2.67 bits per heavy atom. The molecule has 0 saturated heterocycles. The summed E-state index contributed by atoms with van der Waals surface area (Å²) in [6, 6.07) is 3.96. The highest BCUT2D eigenvalue weighted by Gasteiger charge is 1.82. The molecule has 0 N–H and O–H groups in total. The van der Waals surface area contributed by atoms with Crippen molar-refractivity contribution in [2.45, 2.75) is 5.33 Å². The molecule has 0 saturated carbocycles. The van der Waals surface area contributed by atoms with Gasteiger partial charge in [-0.3, -0.25) is 4.98 Å². The monoisotopic (exact) mass is 207 g/mol. The highest BCUT2D eigenvalue weighted by atomic mass is 79.9. The van der Waals surface area contributed by atoms with Crippen molar-refractivity contribution in [3.8, 4) is 0 Å². The number of pyridine rings is 1. The third-order valence-electron chi connectivity index (χ3n) is 0.877. The van der Waals surface area contributed by atoms with Crippen molar-refractivity contribution in [3.63, 3.8) is 0 Å². The Hall–Kier alpha value is -0.0800. The minimum absolute atomic E-state index is 0. The van der Waals surface area contributed by atoms with Gasteiger partial charge in [-0.1, -0.05) is 22.0 Å². The van der Waals surface area contributed by atoms with Gasteiger partial charge in [0.15, 0.2) is 0 Å². The molecule has 0 aliphatic heterocycles. The number of alkyl halides is 1. The zero-order chi connectivity index (χ0) is 5.82. The van der Waals surface area contributed by atoms with Crippen LogP contribution < -0.4 is 0 Å². The first-order valence-electron chi connectivity index (χ1n) is 2.38. The Morgan fingerprint density at radius 1 is 1.56 bits per heavy atom. The largest absolute Gasteiger partial charge is 0.264 e. The van der Waals surface area contributed by atoms with E-state index in [0.717, 1.165) is 5.33 Å². The van der Waals surface area contributed by atoms with E-state index in [9.17, 15) is 0 Å². The molecule has 1 aromatic rings. The van der Waals surface area contributed by atoms with Gasteiger partial charge in [-0.25, -0.2) is 0 Å². The van der Waals surface area contributed by atoms with Gasteiger partial charge in [0.25, 0.3) is 0 Å². The first-order valence-corrected chi connectivity index (χ1v) is 3.50. The average molecular weight is 208 g/mol. The summed E-state index contributed by atoms with van der Waals surface area (Å²) in [6.07, 6.45) is 3.61. The molecule has 0 aliphatic rings. The smallest absolute Gasteiger partial charge is 0.0308 e. The van der Waals surface area contributed by atoms with Crippen molar-refractivity contribution in [2.75, 3.05) is 0 Å². The number of hydrogen-bond acceptors (Lipinski definition) is 1. The van der Waals surface area contributed by atoms with Crippen LogP contribution in [0.4, 0.5) is 0 Å². The van der Waals surface area contributed by atoms with E-state index in [-0.39, 0.29) is 12.4 Å². The predicted octanol–water partition coefficient (Wildman–Crippen LogP) is 2.40. The van der Waals surface area contributed by atoms with Gasteiger partial charge < -0.3 is 0 Å². The molecule has 0 atom stereocenters. The van der Waals surface area contributed by atoms with Gasteiger partial charge in [0, 0.05) is 17.7 Å². The van der Waals surface area contributed by atoms with Crippen LogP contribution in [-0.2, 0) is 5.33 Å². The predicted molar refractivity (Wildman–Crippen MR) is 44.1 cm³/mol. The lowest BCUT2D eigenvalue weighted by atomic mass is 10.3. The molecule has 0 unspecified atom stereocenters. The highest BCUT2D eigenvalue weighted by molar-refractivity contribution is 9.08. The van der Waals surface area contributed by atoms with E-state index in [0.29, 0.717) is 0 Å². The fourth-order valence-electron chi connectivity index (χ4n) is 0.477. The zero-order valence-corrected chi connectivity index (χ0v) is 7.15. The molecule has 0 aromatic carbocycles. The SMILES string of the molecule is BrCc1cccnc1.Cl. The van der Waals surface area contributed by atoms with Gasteiger partial charge in [-0.15, -0.1) is 12.4 Å². The molecule has 0 radical (unpaired) electrons. The van der Waals surface area contributed by atoms with Crippen molar-refractivity contribution in [3.05, 3.63) is 30.1 Å². The van der Waals surface area contributed by atoms with E-state index in [1.807, 2.05) is 18.3 Å². The van der Waals surface area contributed by atoms with Crippen molar-refractivity contribution in [2.24, 2.45) is 0 Å². The molecule has 0 aliphatic carbocycles. The topological polar surface area (TPSA) is 12.9 Å². The zero-order valence-electron chi connectivity index (χ0n) is 4.75. The second-order valence-corrected chi connectivity index (χ2v) is 2.06. The molecule has 0 spiro atoms. The number of rotatable bonds is 1. The lowest BCUT2D eigenvalue weighted by Gasteiger charge is -1.87. The van der Waals surface area contributed by atoms with Gasteiger partial charge in [-0.05, 0) is 11.6 Å². The van der Waals surface area contributed by atoms with E-state index < -0.39 is 0 Å². The lowest BCUT2D eigenvalue weighted by molar-refractivity contribution is 1.26. The number of nitrogens with zero attached hydrogens (tertiary/aromatic N) is 1. The summed E-state index contributed by atoms with van der Waals surface area (Å²) in [6.45, 7) is 0. The molecule has 9 heavy (non-hydrogen) atoms. The van der Waals surface area contributed by atoms with E-state index >= 15 is 0 Å². The van der Waals surface area contributed by atoms with Crippen LogP contribution in [0.3, 0.4) is 0 Å². The Labute approximate surface area is 69.0 Å². The van der Waals surface area contributed by atoms with Crippen LogP contribution in [0.5, 0.6) is 0 Å². The molecule has 1 rings (SSSR count). The van der Waals surface area contributed by atoms with Gasteiger partial charge in [-0.2, -0.15) is 0 Å². The summed E-state index contributed by atoms with van der Waals surface area (Å²) < 4.78 is 0. The minimum Gasteiger partial charge on any atom is -0.264 e. The molecule has 50 valence electrons. The third-order valence-corrected chi connectivity index (χ3v) is 1.52. The molecule has 1 heterocycles. The van der Waals surface area contributed by atoms with Crippen LogP contribution in [0.15, 0.2) is 24.5 Å². The summed E-state index contributed by atoms with van der Waals surface area (Å²) in [5.41, 5.74) is 1.22. The molecule has 3 heteroatoms. The molecule has 0 bridgehead atoms. The van der Waals surface area contributed by atoms with Crippen LogP contribution in [0.2, 0.25) is 0 Å². The summed E-state index contributed by atoms with van der Waals surface area (Å²) in [5.74, 6) is 0. The quantitative estimate of drug-likeness (QED) is 0.646. The van der Waals surface area contributed by atoms with Crippen LogP contribution >= 0.6 is 28.3 Å². The summed E-state index contributed by atoms with van der Waals surface area (Å²) in [4.78, 5) is 3.93. The second-order valence-electron chi connectivity index (χ2n) is 1.49. The van der Waals surface area contributed by atoms with Gasteiger partial charge in [0.2, 0.25) is 0 Å². The summed E-state index contributed by atoms with van der Waals surface area (Å²) in [5, 5.41) is 0.890. The second kappa shape index (κ2) is 4.77. The Kier molecular flexibility index (Phi) is 4.72. The first-order chi connectivity index (χ1) is 3.93. The molecular formula is C6H7BrClN.